The summed E-state index contributed by atoms with van der Waals surface area (Å²) < 4.78 is 0. The van der Waals surface area contributed by atoms with Gasteiger partial charge in [-0.25, -0.2) is 0 Å². The molecule has 0 amide bonds. The van der Waals surface area contributed by atoms with Gasteiger partial charge in [-0.2, -0.15) is 0 Å². The van der Waals surface area contributed by atoms with Crippen molar-refractivity contribution in [3.8, 4) is 0 Å². The Morgan fingerprint density at radius 2 is 1.83 bits per heavy atom. The topological polar surface area (TPSA) is 39.7 Å². The maximum atomic E-state index is 4.30. The Hall–Kier alpha value is -1.55. The Balaban J connectivity index is 1.56. The highest BCUT2D eigenvalue weighted by Crippen LogP contribution is 2.21. The minimum absolute atomic E-state index is 0.789. The standard InChI is InChI=1S/C19H32N4/c1-20-19(21-14-8-11-17-9-4-3-5-10-17)22-15-16-23(2)18-12-6-7-13-18/h3-5,9-10,18H,6-8,11-16H2,1-2H3,(H2,20,21,22). The van der Waals surface area contributed by atoms with E-state index in [0.717, 1.165) is 44.5 Å². The summed E-state index contributed by atoms with van der Waals surface area (Å²) in [4.78, 5) is 6.79. The fraction of sp³-hybridized carbons (Fsp3) is 0.632. The van der Waals surface area contributed by atoms with Crippen molar-refractivity contribution in [1.82, 2.24) is 15.5 Å². The number of guanidine groups is 1. The smallest absolute Gasteiger partial charge is 0.191 e. The van der Waals surface area contributed by atoms with E-state index in [1.165, 1.54) is 31.2 Å². The van der Waals surface area contributed by atoms with Crippen LogP contribution in [0.1, 0.15) is 37.7 Å². The summed E-state index contributed by atoms with van der Waals surface area (Å²) in [6.45, 7) is 2.98. The molecule has 0 atom stereocenters. The fourth-order valence-corrected chi connectivity index (χ4v) is 3.24. The van der Waals surface area contributed by atoms with Crippen molar-refractivity contribution < 1.29 is 0 Å². The van der Waals surface area contributed by atoms with Crippen LogP contribution < -0.4 is 10.6 Å². The first-order chi connectivity index (χ1) is 11.3. The highest BCUT2D eigenvalue weighted by molar-refractivity contribution is 5.79. The summed E-state index contributed by atoms with van der Waals surface area (Å²) in [5.41, 5.74) is 1.40. The molecule has 1 aromatic carbocycles. The Morgan fingerprint density at radius 1 is 1.13 bits per heavy atom. The van der Waals surface area contributed by atoms with Crippen molar-refractivity contribution in [3.63, 3.8) is 0 Å². The van der Waals surface area contributed by atoms with Crippen molar-refractivity contribution in [2.75, 3.05) is 33.7 Å². The van der Waals surface area contributed by atoms with Crippen LogP contribution >= 0.6 is 0 Å². The second-order valence-electron chi connectivity index (χ2n) is 6.43. The average molecular weight is 316 g/mol. The van der Waals surface area contributed by atoms with Gasteiger partial charge in [0.2, 0.25) is 0 Å². The number of rotatable bonds is 8. The number of benzene rings is 1. The van der Waals surface area contributed by atoms with Crippen LogP contribution in [0.5, 0.6) is 0 Å². The van der Waals surface area contributed by atoms with E-state index in [2.05, 4.69) is 57.9 Å². The summed E-state index contributed by atoms with van der Waals surface area (Å²) in [5.74, 6) is 0.915. The van der Waals surface area contributed by atoms with Gasteiger partial charge in [-0.3, -0.25) is 4.99 Å². The highest BCUT2D eigenvalue weighted by Gasteiger charge is 2.18. The molecular formula is C19H32N4. The molecule has 0 aromatic heterocycles. The van der Waals surface area contributed by atoms with Crippen molar-refractivity contribution in [1.29, 1.82) is 0 Å². The molecule has 1 fully saturated rings. The number of aryl methyl sites for hydroxylation is 1. The lowest BCUT2D eigenvalue weighted by Gasteiger charge is -2.24. The van der Waals surface area contributed by atoms with Gasteiger partial charge in [0.05, 0.1) is 0 Å². The number of nitrogens with zero attached hydrogens (tertiary/aromatic N) is 2. The minimum Gasteiger partial charge on any atom is -0.356 e. The summed E-state index contributed by atoms with van der Waals surface area (Å²) in [5, 5.41) is 6.82. The van der Waals surface area contributed by atoms with Gasteiger partial charge in [0.15, 0.2) is 5.96 Å². The molecule has 4 nitrogen and oxygen atoms in total. The molecule has 0 spiro atoms. The van der Waals surface area contributed by atoms with Gasteiger partial charge in [0.1, 0.15) is 0 Å². The van der Waals surface area contributed by atoms with E-state index >= 15 is 0 Å². The number of aliphatic imine (C=N–C) groups is 1. The van der Waals surface area contributed by atoms with E-state index in [4.69, 9.17) is 0 Å². The molecule has 1 aromatic rings. The van der Waals surface area contributed by atoms with E-state index in [-0.39, 0.29) is 0 Å². The summed E-state index contributed by atoms with van der Waals surface area (Å²) >= 11 is 0. The highest BCUT2D eigenvalue weighted by atomic mass is 15.2. The number of hydrogen-bond donors (Lipinski definition) is 2. The molecule has 23 heavy (non-hydrogen) atoms. The Labute approximate surface area is 141 Å². The molecule has 0 aliphatic heterocycles. The molecule has 0 bridgehead atoms. The van der Waals surface area contributed by atoms with Crippen LogP contribution in [0.15, 0.2) is 35.3 Å². The van der Waals surface area contributed by atoms with Crippen molar-refractivity contribution in [2.24, 2.45) is 4.99 Å². The van der Waals surface area contributed by atoms with Gasteiger partial charge in [0.25, 0.3) is 0 Å². The molecule has 1 saturated carbocycles. The summed E-state index contributed by atoms with van der Waals surface area (Å²) in [6.07, 6.45) is 7.74. The monoisotopic (exact) mass is 316 g/mol. The molecule has 2 rings (SSSR count). The third-order valence-electron chi connectivity index (χ3n) is 4.71. The molecular weight excluding hydrogens is 284 g/mol. The predicted octanol–water partition coefficient (Wildman–Crippen LogP) is 2.66. The molecule has 2 N–H and O–H groups in total. The van der Waals surface area contributed by atoms with Gasteiger partial charge in [-0.15, -0.1) is 0 Å². The third-order valence-corrected chi connectivity index (χ3v) is 4.71. The predicted molar refractivity (Wildman–Crippen MR) is 99.0 cm³/mol. The fourth-order valence-electron chi connectivity index (χ4n) is 3.24. The van der Waals surface area contributed by atoms with E-state index < -0.39 is 0 Å². The summed E-state index contributed by atoms with van der Waals surface area (Å²) in [6, 6.07) is 11.4. The van der Waals surface area contributed by atoms with Crippen LogP contribution in [0.25, 0.3) is 0 Å². The van der Waals surface area contributed by atoms with Crippen LogP contribution in [0.2, 0.25) is 0 Å². The number of nitrogens with one attached hydrogen (secondary N) is 2. The van der Waals surface area contributed by atoms with Gasteiger partial charge < -0.3 is 15.5 Å². The molecule has 128 valence electrons. The summed E-state index contributed by atoms with van der Waals surface area (Å²) in [7, 11) is 4.08. The van der Waals surface area contributed by atoms with Crippen molar-refractivity contribution in [3.05, 3.63) is 35.9 Å². The molecule has 1 aliphatic carbocycles. The van der Waals surface area contributed by atoms with E-state index in [9.17, 15) is 0 Å². The lowest BCUT2D eigenvalue weighted by atomic mass is 10.1. The zero-order chi connectivity index (χ0) is 16.3. The van der Waals surface area contributed by atoms with E-state index in [1.54, 1.807) is 0 Å². The quantitative estimate of drug-likeness (QED) is 0.440. The normalized spacial score (nSPS) is 16.0. The van der Waals surface area contributed by atoms with Crippen LogP contribution in [0.4, 0.5) is 0 Å². The average Bonchev–Trinajstić information content (AvgIpc) is 3.12. The second-order valence-corrected chi connectivity index (χ2v) is 6.43. The number of likely N-dealkylation sites (N-methyl/N-ethyl adjacent to an activating group) is 1. The molecule has 4 heteroatoms. The van der Waals surface area contributed by atoms with Gasteiger partial charge >= 0.3 is 0 Å². The first-order valence-corrected chi connectivity index (χ1v) is 8.98. The minimum atomic E-state index is 0.789. The van der Waals surface area contributed by atoms with Crippen molar-refractivity contribution in [2.45, 2.75) is 44.6 Å². The lowest BCUT2D eigenvalue weighted by molar-refractivity contribution is 0.249. The first-order valence-electron chi connectivity index (χ1n) is 8.98. The largest absolute Gasteiger partial charge is 0.356 e. The zero-order valence-electron chi connectivity index (χ0n) is 14.7. The van der Waals surface area contributed by atoms with Crippen LogP contribution in [-0.2, 0) is 6.42 Å². The number of hydrogen-bond acceptors (Lipinski definition) is 2. The zero-order valence-corrected chi connectivity index (χ0v) is 14.7. The maximum absolute atomic E-state index is 4.30. The van der Waals surface area contributed by atoms with E-state index in [0.29, 0.717) is 0 Å². The molecule has 0 heterocycles. The van der Waals surface area contributed by atoms with Gasteiger partial charge in [0, 0.05) is 32.7 Å². The van der Waals surface area contributed by atoms with Gasteiger partial charge in [-0.05, 0) is 38.3 Å². The lowest BCUT2D eigenvalue weighted by Crippen LogP contribution is -2.42. The van der Waals surface area contributed by atoms with E-state index in [1.807, 2.05) is 7.05 Å². The maximum Gasteiger partial charge on any atom is 0.191 e. The molecule has 0 radical (unpaired) electrons. The Kier molecular flexibility index (Phi) is 7.95. The van der Waals surface area contributed by atoms with Crippen LogP contribution in [0, 0.1) is 0 Å². The van der Waals surface area contributed by atoms with Crippen molar-refractivity contribution >= 4 is 5.96 Å². The SMILES string of the molecule is CN=C(NCCCc1ccccc1)NCCN(C)C1CCCC1. The van der Waals surface area contributed by atoms with Crippen LogP contribution in [0.3, 0.4) is 0 Å². The molecule has 1 aliphatic rings. The van der Waals surface area contributed by atoms with Gasteiger partial charge in [-0.1, -0.05) is 43.2 Å². The molecule has 0 unspecified atom stereocenters. The Bertz CT molecular complexity index is 452. The molecule has 0 saturated heterocycles. The Morgan fingerprint density at radius 3 is 2.52 bits per heavy atom. The third kappa shape index (κ3) is 6.61. The first kappa shape index (κ1) is 17.8. The van der Waals surface area contributed by atoms with Crippen LogP contribution in [-0.4, -0.2) is 50.6 Å². The second kappa shape index (κ2) is 10.3.